The number of carbonyl (C=O) groups is 2. The predicted molar refractivity (Wildman–Crippen MR) is 97.6 cm³/mol. The van der Waals surface area contributed by atoms with E-state index >= 15 is 0 Å². The van der Waals surface area contributed by atoms with Crippen LogP contribution in [0, 0.1) is 17.6 Å². The van der Waals surface area contributed by atoms with Crippen molar-refractivity contribution in [3.05, 3.63) is 59.2 Å². The first-order chi connectivity index (χ1) is 13.4. The number of hydrogen-bond acceptors (Lipinski definition) is 4. The Morgan fingerprint density at radius 1 is 1.21 bits per heavy atom. The monoisotopic (exact) mass is 390 g/mol. The van der Waals surface area contributed by atoms with Crippen LogP contribution in [0.25, 0.3) is 0 Å². The summed E-state index contributed by atoms with van der Waals surface area (Å²) in [4.78, 5) is 25.5. The lowest BCUT2D eigenvalue weighted by molar-refractivity contribution is -0.126. The highest BCUT2D eigenvalue weighted by molar-refractivity contribution is 6.00. The van der Waals surface area contributed by atoms with Crippen molar-refractivity contribution in [2.45, 2.75) is 19.4 Å². The minimum atomic E-state index is -0.846. The van der Waals surface area contributed by atoms with Gasteiger partial charge < -0.3 is 20.4 Å². The molecule has 1 unspecified atom stereocenters. The number of hydrogen-bond donors (Lipinski definition) is 3. The van der Waals surface area contributed by atoms with E-state index in [-0.39, 0.29) is 37.8 Å². The van der Waals surface area contributed by atoms with Gasteiger partial charge in [0, 0.05) is 25.1 Å². The zero-order valence-corrected chi connectivity index (χ0v) is 15.0. The lowest BCUT2D eigenvalue weighted by atomic mass is 10.1. The zero-order valence-electron chi connectivity index (χ0n) is 15.0. The van der Waals surface area contributed by atoms with Crippen LogP contribution in [0.15, 0.2) is 36.4 Å². The van der Waals surface area contributed by atoms with Crippen LogP contribution in [0.1, 0.15) is 17.5 Å². The zero-order chi connectivity index (χ0) is 20.3. The summed E-state index contributed by atoms with van der Waals surface area (Å²) in [5, 5.41) is 21.4. The molecule has 0 saturated carbocycles. The van der Waals surface area contributed by atoms with Gasteiger partial charge in [-0.1, -0.05) is 12.1 Å². The number of nitrogens with one attached hydrogen (secondary N) is 1. The molecule has 28 heavy (non-hydrogen) atoms. The van der Waals surface area contributed by atoms with Crippen LogP contribution in [0.3, 0.4) is 0 Å². The number of rotatable bonds is 6. The maximum atomic E-state index is 13.9. The molecule has 0 aromatic heterocycles. The minimum Gasteiger partial charge on any atom is -0.508 e. The van der Waals surface area contributed by atoms with Crippen LogP contribution in [-0.2, 0) is 22.6 Å². The molecule has 3 rings (SSSR count). The van der Waals surface area contributed by atoms with Crippen LogP contribution in [0.4, 0.5) is 14.5 Å². The van der Waals surface area contributed by atoms with Gasteiger partial charge in [0.05, 0.1) is 12.5 Å². The van der Waals surface area contributed by atoms with Crippen molar-refractivity contribution < 1.29 is 28.6 Å². The summed E-state index contributed by atoms with van der Waals surface area (Å²) in [6.45, 7) is -0.0950. The maximum Gasteiger partial charge on any atom is 0.228 e. The van der Waals surface area contributed by atoms with Gasteiger partial charge >= 0.3 is 0 Å². The third-order valence-corrected chi connectivity index (χ3v) is 4.73. The summed E-state index contributed by atoms with van der Waals surface area (Å²) < 4.78 is 27.8. The molecular formula is C20H20F2N2O4. The van der Waals surface area contributed by atoms with E-state index in [0.29, 0.717) is 12.0 Å². The molecule has 0 spiro atoms. The van der Waals surface area contributed by atoms with E-state index in [2.05, 4.69) is 5.32 Å². The Hall–Kier alpha value is -3.00. The molecule has 1 fully saturated rings. The topological polar surface area (TPSA) is 89.9 Å². The molecule has 2 aromatic carbocycles. The van der Waals surface area contributed by atoms with E-state index in [4.69, 9.17) is 5.11 Å². The second-order valence-corrected chi connectivity index (χ2v) is 6.64. The Kier molecular flexibility index (Phi) is 5.89. The van der Waals surface area contributed by atoms with Crippen molar-refractivity contribution in [3.63, 3.8) is 0 Å². The number of aliphatic hydroxyl groups excluding tert-OH is 1. The summed E-state index contributed by atoms with van der Waals surface area (Å²) in [6.07, 6.45) is 0.346. The Balaban J connectivity index is 1.58. The second kappa shape index (κ2) is 8.35. The van der Waals surface area contributed by atoms with Crippen LogP contribution >= 0.6 is 0 Å². The van der Waals surface area contributed by atoms with Crippen LogP contribution in [-0.4, -0.2) is 35.1 Å². The van der Waals surface area contributed by atoms with Crippen LogP contribution < -0.4 is 10.2 Å². The average Bonchev–Trinajstić information content (AvgIpc) is 3.04. The van der Waals surface area contributed by atoms with Crippen molar-refractivity contribution in [3.8, 4) is 5.75 Å². The molecule has 6 nitrogen and oxygen atoms in total. The Labute approximate surface area is 160 Å². The first kappa shape index (κ1) is 19.8. The fourth-order valence-corrected chi connectivity index (χ4v) is 3.24. The lowest BCUT2D eigenvalue weighted by Crippen LogP contribution is -2.34. The van der Waals surface area contributed by atoms with Crippen molar-refractivity contribution >= 4 is 17.5 Å². The lowest BCUT2D eigenvalue weighted by Gasteiger charge is -2.18. The Morgan fingerprint density at radius 2 is 1.93 bits per heavy atom. The van der Waals surface area contributed by atoms with E-state index in [1.165, 1.54) is 12.1 Å². The van der Waals surface area contributed by atoms with Crippen molar-refractivity contribution in [2.75, 3.05) is 18.0 Å². The summed E-state index contributed by atoms with van der Waals surface area (Å²) in [7, 11) is 0. The highest BCUT2D eigenvalue weighted by atomic mass is 19.1. The van der Waals surface area contributed by atoms with Gasteiger partial charge in [0.15, 0.2) is 0 Å². The van der Waals surface area contributed by atoms with Crippen LogP contribution in [0.2, 0.25) is 0 Å². The molecule has 1 aliphatic rings. The van der Waals surface area contributed by atoms with E-state index in [1.54, 1.807) is 12.1 Å². The van der Waals surface area contributed by atoms with Gasteiger partial charge in [-0.05, 0) is 36.2 Å². The van der Waals surface area contributed by atoms with E-state index in [1.807, 2.05) is 0 Å². The number of nitrogens with zero attached hydrogens (tertiary/aromatic N) is 1. The Morgan fingerprint density at radius 3 is 2.61 bits per heavy atom. The quantitative estimate of drug-likeness (QED) is 0.703. The fourth-order valence-electron chi connectivity index (χ4n) is 3.24. The van der Waals surface area contributed by atoms with Gasteiger partial charge in [0.2, 0.25) is 11.8 Å². The molecule has 0 bridgehead atoms. The first-order valence-electron chi connectivity index (χ1n) is 8.84. The number of phenols is 1. The number of amides is 2. The summed E-state index contributed by atoms with van der Waals surface area (Å²) >= 11 is 0. The standard InChI is InChI=1S/C20H20F2N2O4/c21-15-2-1-3-16(22)19(15)24-10-13(9-18(24)27)20(28)23-7-6-12-4-5-17(26)14(8-12)11-25/h1-5,8,13,25-26H,6-7,9-11H2,(H,23,28). The predicted octanol–water partition coefficient (Wildman–Crippen LogP) is 1.87. The number of aliphatic hydroxyl groups is 1. The van der Waals surface area contributed by atoms with Gasteiger partial charge in [-0.15, -0.1) is 0 Å². The van der Waals surface area contributed by atoms with Gasteiger partial charge in [-0.3, -0.25) is 9.59 Å². The third kappa shape index (κ3) is 4.12. The number of para-hydroxylation sites is 1. The summed E-state index contributed by atoms with van der Waals surface area (Å²) in [6, 6.07) is 8.14. The highest BCUT2D eigenvalue weighted by Crippen LogP contribution is 2.29. The van der Waals surface area contributed by atoms with Gasteiger partial charge in [-0.2, -0.15) is 0 Å². The molecular weight excluding hydrogens is 370 g/mol. The Bertz CT molecular complexity index is 884. The molecule has 2 amide bonds. The second-order valence-electron chi connectivity index (χ2n) is 6.64. The number of aromatic hydroxyl groups is 1. The van der Waals surface area contributed by atoms with E-state index in [9.17, 15) is 23.5 Å². The first-order valence-corrected chi connectivity index (χ1v) is 8.84. The molecule has 0 aliphatic carbocycles. The molecule has 1 heterocycles. The molecule has 3 N–H and O–H groups in total. The number of benzene rings is 2. The van der Waals surface area contributed by atoms with Crippen molar-refractivity contribution in [1.29, 1.82) is 0 Å². The van der Waals surface area contributed by atoms with E-state index < -0.39 is 29.1 Å². The number of halogens is 2. The highest BCUT2D eigenvalue weighted by Gasteiger charge is 2.37. The van der Waals surface area contributed by atoms with E-state index in [0.717, 1.165) is 22.6 Å². The smallest absolute Gasteiger partial charge is 0.228 e. The maximum absolute atomic E-state index is 13.9. The molecule has 0 radical (unpaired) electrons. The number of carbonyl (C=O) groups excluding carboxylic acids is 2. The van der Waals surface area contributed by atoms with Crippen molar-refractivity contribution in [2.24, 2.45) is 5.92 Å². The SMILES string of the molecule is O=C(NCCc1ccc(O)c(CO)c1)C1CC(=O)N(c2c(F)cccc2F)C1. The van der Waals surface area contributed by atoms with Crippen molar-refractivity contribution in [1.82, 2.24) is 5.32 Å². The molecule has 1 aliphatic heterocycles. The van der Waals surface area contributed by atoms with Gasteiger partial charge in [0.1, 0.15) is 23.1 Å². The molecule has 8 heteroatoms. The molecule has 148 valence electrons. The summed E-state index contributed by atoms with van der Waals surface area (Å²) in [5.74, 6) is -3.26. The minimum absolute atomic E-state index is 0.000205. The fraction of sp³-hybridized carbons (Fsp3) is 0.300. The normalized spacial score (nSPS) is 16.5. The molecule has 2 aromatic rings. The average molecular weight is 390 g/mol. The van der Waals surface area contributed by atoms with Gasteiger partial charge in [0.25, 0.3) is 0 Å². The molecule has 1 saturated heterocycles. The van der Waals surface area contributed by atoms with Crippen LogP contribution in [0.5, 0.6) is 5.75 Å². The molecule has 1 atom stereocenters. The summed E-state index contributed by atoms with van der Waals surface area (Å²) in [5.41, 5.74) is 0.788. The van der Waals surface area contributed by atoms with Gasteiger partial charge in [-0.25, -0.2) is 8.78 Å². The largest absolute Gasteiger partial charge is 0.508 e. The third-order valence-electron chi connectivity index (χ3n) is 4.73. The number of anilines is 1.